The molecule has 1 aliphatic rings. The van der Waals surface area contributed by atoms with Gasteiger partial charge in [0.25, 0.3) is 0 Å². The second kappa shape index (κ2) is 6.18. The van der Waals surface area contributed by atoms with Crippen LogP contribution < -0.4 is 0 Å². The van der Waals surface area contributed by atoms with Crippen molar-refractivity contribution >= 4 is 11.9 Å². The predicted molar refractivity (Wildman–Crippen MR) is 67.0 cm³/mol. The Hall–Kier alpha value is -1.10. The number of esters is 1. The Kier molecular flexibility index (Phi) is 5.14. The highest BCUT2D eigenvalue weighted by atomic mass is 16.5. The van der Waals surface area contributed by atoms with Crippen LogP contribution in [0.15, 0.2) is 0 Å². The van der Waals surface area contributed by atoms with Gasteiger partial charge in [-0.3, -0.25) is 9.59 Å². The highest BCUT2D eigenvalue weighted by Crippen LogP contribution is 2.21. The minimum atomic E-state index is -0.434. The van der Waals surface area contributed by atoms with Crippen molar-refractivity contribution < 1.29 is 19.1 Å². The summed E-state index contributed by atoms with van der Waals surface area (Å²) >= 11 is 0. The Bertz CT molecular complexity index is 306. The molecule has 0 aromatic carbocycles. The van der Waals surface area contributed by atoms with Gasteiger partial charge in [0, 0.05) is 20.2 Å². The number of nitrogens with zero attached hydrogens (tertiary/aromatic N) is 1. The van der Waals surface area contributed by atoms with Crippen LogP contribution in [0, 0.1) is 5.92 Å². The summed E-state index contributed by atoms with van der Waals surface area (Å²) in [5.41, 5.74) is -0.434. The van der Waals surface area contributed by atoms with Gasteiger partial charge in [0.1, 0.15) is 0 Å². The van der Waals surface area contributed by atoms with Crippen molar-refractivity contribution in [2.24, 2.45) is 5.92 Å². The molecule has 1 rings (SSSR count). The van der Waals surface area contributed by atoms with Crippen LogP contribution in [0.2, 0.25) is 0 Å². The molecule has 0 aromatic rings. The third-order valence-electron chi connectivity index (χ3n) is 3.51. The summed E-state index contributed by atoms with van der Waals surface area (Å²) in [4.78, 5) is 25.2. The molecule has 104 valence electrons. The molecule has 0 unspecified atom stereocenters. The lowest BCUT2D eigenvalue weighted by molar-refractivity contribution is -0.149. The Morgan fingerprint density at radius 2 is 1.78 bits per heavy atom. The maximum Gasteiger partial charge on any atom is 0.308 e. The molecule has 1 heterocycles. The second-order valence-corrected chi connectivity index (χ2v) is 5.32. The lowest BCUT2D eigenvalue weighted by Crippen LogP contribution is -2.43. The van der Waals surface area contributed by atoms with Crippen molar-refractivity contribution in [3.63, 3.8) is 0 Å². The minimum absolute atomic E-state index is 0.0607. The number of methoxy groups -OCH3 is 2. The molecule has 5 heteroatoms. The van der Waals surface area contributed by atoms with E-state index in [2.05, 4.69) is 0 Å². The zero-order valence-electron chi connectivity index (χ0n) is 11.7. The van der Waals surface area contributed by atoms with Gasteiger partial charge in [0.2, 0.25) is 5.91 Å². The van der Waals surface area contributed by atoms with Crippen molar-refractivity contribution in [1.82, 2.24) is 4.90 Å². The molecule has 0 aromatic heterocycles. The molecular formula is C13H23NO4. The number of likely N-dealkylation sites (tertiary alicyclic amines) is 1. The average molecular weight is 257 g/mol. The molecule has 1 fully saturated rings. The summed E-state index contributed by atoms with van der Waals surface area (Å²) in [6.45, 7) is 5.04. The van der Waals surface area contributed by atoms with Gasteiger partial charge in [-0.15, -0.1) is 0 Å². The SMILES string of the molecule is COC(=O)C1CCN(C(=O)CC(C)(C)OC)CC1. The lowest BCUT2D eigenvalue weighted by atomic mass is 9.96. The van der Waals surface area contributed by atoms with E-state index in [1.165, 1.54) is 7.11 Å². The number of carbonyl (C=O) groups is 2. The van der Waals surface area contributed by atoms with Crippen LogP contribution in [0.5, 0.6) is 0 Å². The maximum atomic E-state index is 12.0. The molecule has 0 aliphatic carbocycles. The topological polar surface area (TPSA) is 55.8 Å². The van der Waals surface area contributed by atoms with E-state index < -0.39 is 5.60 Å². The summed E-state index contributed by atoms with van der Waals surface area (Å²) in [6.07, 6.45) is 1.74. The standard InChI is InChI=1S/C13H23NO4/c1-13(2,18-4)9-11(15)14-7-5-10(6-8-14)12(16)17-3/h10H,5-9H2,1-4H3. The quantitative estimate of drug-likeness (QED) is 0.710. The van der Waals surface area contributed by atoms with Gasteiger partial charge in [0.15, 0.2) is 0 Å². The van der Waals surface area contributed by atoms with Crippen LogP contribution in [0.25, 0.3) is 0 Å². The van der Waals surface area contributed by atoms with Crippen molar-refractivity contribution in [3.8, 4) is 0 Å². The molecule has 1 amide bonds. The molecule has 0 atom stereocenters. The maximum absolute atomic E-state index is 12.0. The summed E-state index contributed by atoms with van der Waals surface area (Å²) in [5, 5.41) is 0. The summed E-state index contributed by atoms with van der Waals surface area (Å²) in [5.74, 6) is -0.140. The van der Waals surface area contributed by atoms with Gasteiger partial charge in [-0.05, 0) is 26.7 Å². The van der Waals surface area contributed by atoms with Gasteiger partial charge >= 0.3 is 5.97 Å². The monoisotopic (exact) mass is 257 g/mol. The van der Waals surface area contributed by atoms with Crippen molar-refractivity contribution in [1.29, 1.82) is 0 Å². The van der Waals surface area contributed by atoms with E-state index in [4.69, 9.17) is 9.47 Å². The fourth-order valence-electron chi connectivity index (χ4n) is 2.08. The number of carbonyl (C=O) groups excluding carboxylic acids is 2. The largest absolute Gasteiger partial charge is 0.469 e. The molecule has 0 saturated carbocycles. The zero-order valence-corrected chi connectivity index (χ0v) is 11.7. The summed E-state index contributed by atoms with van der Waals surface area (Å²) in [7, 11) is 3.01. The number of rotatable bonds is 4. The van der Waals surface area contributed by atoms with Gasteiger partial charge in [-0.2, -0.15) is 0 Å². The zero-order chi connectivity index (χ0) is 13.8. The van der Waals surface area contributed by atoms with Crippen LogP contribution in [0.4, 0.5) is 0 Å². The first-order chi connectivity index (χ1) is 8.39. The van der Waals surface area contributed by atoms with Crippen LogP contribution in [-0.4, -0.2) is 49.7 Å². The number of amides is 1. The molecule has 1 saturated heterocycles. The van der Waals surface area contributed by atoms with E-state index >= 15 is 0 Å². The first-order valence-electron chi connectivity index (χ1n) is 6.30. The predicted octanol–water partition coefficient (Wildman–Crippen LogP) is 1.21. The van der Waals surface area contributed by atoms with E-state index in [1.54, 1.807) is 12.0 Å². The van der Waals surface area contributed by atoms with Gasteiger partial charge in [-0.25, -0.2) is 0 Å². The Labute approximate surface area is 108 Å². The second-order valence-electron chi connectivity index (χ2n) is 5.32. The first-order valence-corrected chi connectivity index (χ1v) is 6.30. The molecule has 5 nitrogen and oxygen atoms in total. The van der Waals surface area contributed by atoms with Crippen LogP contribution in [-0.2, 0) is 19.1 Å². The number of hydrogen-bond acceptors (Lipinski definition) is 4. The van der Waals surface area contributed by atoms with Crippen LogP contribution >= 0.6 is 0 Å². The van der Waals surface area contributed by atoms with Crippen molar-refractivity contribution in [2.75, 3.05) is 27.3 Å². The average Bonchev–Trinajstić information content (AvgIpc) is 2.37. The Morgan fingerprint density at radius 3 is 2.22 bits per heavy atom. The molecule has 0 N–H and O–H groups in total. The molecular weight excluding hydrogens is 234 g/mol. The summed E-state index contributed by atoms with van der Waals surface area (Å²) in [6, 6.07) is 0. The Morgan fingerprint density at radius 1 is 1.22 bits per heavy atom. The fourth-order valence-corrected chi connectivity index (χ4v) is 2.08. The van der Waals surface area contributed by atoms with Gasteiger partial charge in [0.05, 0.1) is 25.0 Å². The van der Waals surface area contributed by atoms with E-state index in [-0.39, 0.29) is 17.8 Å². The van der Waals surface area contributed by atoms with Gasteiger partial charge < -0.3 is 14.4 Å². The van der Waals surface area contributed by atoms with Crippen LogP contribution in [0.1, 0.15) is 33.1 Å². The molecule has 0 spiro atoms. The molecule has 0 bridgehead atoms. The van der Waals surface area contributed by atoms with E-state index in [9.17, 15) is 9.59 Å². The van der Waals surface area contributed by atoms with E-state index in [0.29, 0.717) is 32.4 Å². The van der Waals surface area contributed by atoms with Crippen molar-refractivity contribution in [3.05, 3.63) is 0 Å². The van der Waals surface area contributed by atoms with Crippen molar-refractivity contribution in [2.45, 2.75) is 38.7 Å². The first kappa shape index (κ1) is 15.0. The molecule has 1 aliphatic heterocycles. The smallest absolute Gasteiger partial charge is 0.308 e. The van der Waals surface area contributed by atoms with E-state index in [1.807, 2.05) is 13.8 Å². The normalized spacial score (nSPS) is 17.7. The number of piperidine rings is 1. The third-order valence-corrected chi connectivity index (χ3v) is 3.51. The van der Waals surface area contributed by atoms with Gasteiger partial charge in [-0.1, -0.05) is 0 Å². The third kappa shape index (κ3) is 3.98. The van der Waals surface area contributed by atoms with E-state index in [0.717, 1.165) is 0 Å². The summed E-state index contributed by atoms with van der Waals surface area (Å²) < 4.78 is 9.98. The number of ether oxygens (including phenoxy) is 2. The fraction of sp³-hybridized carbons (Fsp3) is 0.846. The molecule has 18 heavy (non-hydrogen) atoms. The Balaban J connectivity index is 2.43. The molecule has 0 radical (unpaired) electrons. The highest BCUT2D eigenvalue weighted by molar-refractivity contribution is 5.78. The highest BCUT2D eigenvalue weighted by Gasteiger charge is 2.30. The van der Waals surface area contributed by atoms with Crippen LogP contribution in [0.3, 0.4) is 0 Å². The minimum Gasteiger partial charge on any atom is -0.469 e. The lowest BCUT2D eigenvalue weighted by Gasteiger charge is -2.33. The number of hydrogen-bond donors (Lipinski definition) is 0.